The van der Waals surface area contributed by atoms with E-state index in [9.17, 15) is 9.90 Å². The molecule has 128 valence electrons. The number of thioether (sulfide) groups is 2. The minimum absolute atomic E-state index is 0.0799. The lowest BCUT2D eigenvalue weighted by Crippen LogP contribution is -2.38. The molecule has 0 fully saturated rings. The van der Waals surface area contributed by atoms with Gasteiger partial charge in [-0.05, 0) is 30.5 Å². The highest BCUT2D eigenvalue weighted by molar-refractivity contribution is 8.15. The van der Waals surface area contributed by atoms with E-state index in [1.165, 1.54) is 6.08 Å². The van der Waals surface area contributed by atoms with Crippen LogP contribution in [0.3, 0.4) is 0 Å². The molecule has 2 N–H and O–H groups in total. The summed E-state index contributed by atoms with van der Waals surface area (Å²) in [4.78, 5) is 12.0. The molecule has 0 bridgehead atoms. The Kier molecular flexibility index (Phi) is 9.66. The number of methoxy groups -OCH3 is 2. The first kappa shape index (κ1) is 19.7. The molecule has 0 unspecified atom stereocenters. The lowest BCUT2D eigenvalue weighted by molar-refractivity contribution is -0.117. The van der Waals surface area contributed by atoms with E-state index in [-0.39, 0.29) is 18.6 Å². The molecular weight excluding hydrogens is 334 g/mol. The maximum Gasteiger partial charge on any atom is 0.244 e. The molecule has 0 spiro atoms. The SMILES string of the molecule is COc1ccc(OC)c(/C=C/C(=O)N[C@@H](CO)CSCSC)c1. The number of rotatable bonds is 10. The number of carbonyl (C=O) groups excluding carboxylic acids is 1. The van der Waals surface area contributed by atoms with E-state index in [4.69, 9.17) is 9.47 Å². The molecule has 0 radical (unpaired) electrons. The predicted molar refractivity (Wildman–Crippen MR) is 98.4 cm³/mol. The van der Waals surface area contributed by atoms with Crippen LogP contribution in [0.25, 0.3) is 6.08 Å². The quantitative estimate of drug-likeness (QED) is 0.380. The third-order valence-corrected chi connectivity index (χ3v) is 5.19. The van der Waals surface area contributed by atoms with Gasteiger partial charge in [0.1, 0.15) is 11.5 Å². The molecule has 1 aromatic carbocycles. The first-order valence-electron chi connectivity index (χ1n) is 7.02. The van der Waals surface area contributed by atoms with Crippen molar-refractivity contribution in [2.24, 2.45) is 0 Å². The second-order valence-corrected chi connectivity index (χ2v) is 6.87. The molecule has 7 heteroatoms. The Bertz CT molecular complexity index is 523. The Morgan fingerprint density at radius 3 is 2.78 bits per heavy atom. The monoisotopic (exact) mass is 357 g/mol. The minimum Gasteiger partial charge on any atom is -0.497 e. The van der Waals surface area contributed by atoms with Crippen LogP contribution in [0.15, 0.2) is 24.3 Å². The second kappa shape index (κ2) is 11.3. The van der Waals surface area contributed by atoms with E-state index in [0.717, 1.165) is 10.6 Å². The number of aliphatic hydroxyl groups excluding tert-OH is 1. The largest absolute Gasteiger partial charge is 0.497 e. The van der Waals surface area contributed by atoms with Gasteiger partial charge in [-0.15, -0.1) is 11.8 Å². The fourth-order valence-electron chi connectivity index (χ4n) is 1.80. The summed E-state index contributed by atoms with van der Waals surface area (Å²) >= 11 is 3.40. The molecule has 1 atom stereocenters. The van der Waals surface area contributed by atoms with E-state index in [1.54, 1.807) is 62.0 Å². The highest BCUT2D eigenvalue weighted by Crippen LogP contribution is 2.25. The van der Waals surface area contributed by atoms with Gasteiger partial charge in [0.2, 0.25) is 5.91 Å². The third kappa shape index (κ3) is 7.20. The summed E-state index contributed by atoms with van der Waals surface area (Å²) in [5.74, 6) is 1.77. The van der Waals surface area contributed by atoms with Gasteiger partial charge in [0.25, 0.3) is 0 Å². The number of amides is 1. The fraction of sp³-hybridized carbons (Fsp3) is 0.438. The lowest BCUT2D eigenvalue weighted by atomic mass is 10.1. The van der Waals surface area contributed by atoms with Crippen molar-refractivity contribution in [2.75, 3.05) is 37.9 Å². The van der Waals surface area contributed by atoms with Crippen molar-refractivity contribution >= 4 is 35.5 Å². The van der Waals surface area contributed by atoms with Crippen molar-refractivity contribution in [1.82, 2.24) is 5.32 Å². The fourth-order valence-corrected chi connectivity index (χ4v) is 3.32. The molecule has 23 heavy (non-hydrogen) atoms. The summed E-state index contributed by atoms with van der Waals surface area (Å²) in [5, 5.41) is 13.0. The van der Waals surface area contributed by atoms with Gasteiger partial charge in [0.05, 0.1) is 26.9 Å². The molecule has 1 rings (SSSR count). The van der Waals surface area contributed by atoms with Gasteiger partial charge >= 0.3 is 0 Å². The van der Waals surface area contributed by atoms with Crippen LogP contribution < -0.4 is 14.8 Å². The normalized spacial score (nSPS) is 12.2. The Labute approximate surface area is 145 Å². The van der Waals surface area contributed by atoms with Gasteiger partial charge < -0.3 is 19.9 Å². The van der Waals surface area contributed by atoms with Crippen molar-refractivity contribution in [1.29, 1.82) is 0 Å². The zero-order chi connectivity index (χ0) is 17.1. The Morgan fingerprint density at radius 2 is 2.17 bits per heavy atom. The summed E-state index contributed by atoms with van der Waals surface area (Å²) in [6.07, 6.45) is 5.11. The van der Waals surface area contributed by atoms with E-state index in [2.05, 4.69) is 5.32 Å². The molecule has 0 saturated heterocycles. The van der Waals surface area contributed by atoms with Crippen LogP contribution in [-0.4, -0.2) is 55.0 Å². The summed E-state index contributed by atoms with van der Waals surface area (Å²) in [7, 11) is 3.16. The third-order valence-electron chi connectivity index (χ3n) is 2.94. The van der Waals surface area contributed by atoms with Gasteiger partial charge in [0, 0.05) is 22.5 Å². The predicted octanol–water partition coefficient (Wildman–Crippen LogP) is 2.25. The molecular formula is C16H23NO4S2. The summed E-state index contributed by atoms with van der Waals surface area (Å²) in [6, 6.07) is 5.12. The molecule has 0 aliphatic carbocycles. The highest BCUT2D eigenvalue weighted by atomic mass is 32.2. The van der Waals surface area contributed by atoms with Crippen molar-refractivity contribution in [3.63, 3.8) is 0 Å². The average molecular weight is 357 g/mol. The average Bonchev–Trinajstić information content (AvgIpc) is 2.58. The first-order valence-corrected chi connectivity index (χ1v) is 9.57. The van der Waals surface area contributed by atoms with Crippen LogP contribution in [0, 0.1) is 0 Å². The van der Waals surface area contributed by atoms with E-state index < -0.39 is 0 Å². The lowest BCUT2D eigenvalue weighted by Gasteiger charge is -2.14. The zero-order valence-corrected chi connectivity index (χ0v) is 15.2. The van der Waals surface area contributed by atoms with Crippen LogP contribution in [0.5, 0.6) is 11.5 Å². The molecule has 0 aliphatic heterocycles. The Balaban J connectivity index is 2.66. The number of ether oxygens (including phenoxy) is 2. The molecule has 1 aromatic rings. The summed E-state index contributed by atoms with van der Waals surface area (Å²) in [5.41, 5.74) is 0.749. The molecule has 5 nitrogen and oxygen atoms in total. The Morgan fingerprint density at radius 1 is 1.39 bits per heavy atom. The zero-order valence-electron chi connectivity index (χ0n) is 13.6. The number of carbonyl (C=O) groups is 1. The van der Waals surface area contributed by atoms with Crippen molar-refractivity contribution in [3.05, 3.63) is 29.8 Å². The number of nitrogens with one attached hydrogen (secondary N) is 1. The van der Waals surface area contributed by atoms with Crippen molar-refractivity contribution in [2.45, 2.75) is 6.04 Å². The van der Waals surface area contributed by atoms with Crippen LogP contribution >= 0.6 is 23.5 Å². The van der Waals surface area contributed by atoms with Crippen LogP contribution in [-0.2, 0) is 4.79 Å². The smallest absolute Gasteiger partial charge is 0.244 e. The first-order chi connectivity index (χ1) is 11.1. The second-order valence-electron chi connectivity index (χ2n) is 4.61. The standard InChI is InChI=1S/C16H23NO4S2/c1-20-14-5-6-15(21-2)12(8-14)4-7-16(19)17-13(9-18)10-23-11-22-3/h4-8,13,18H,9-11H2,1-3H3,(H,17,19)/b7-4+/t13-/m0/s1. The van der Waals surface area contributed by atoms with E-state index in [0.29, 0.717) is 17.3 Å². The maximum absolute atomic E-state index is 12.0. The molecule has 1 amide bonds. The van der Waals surface area contributed by atoms with E-state index in [1.807, 2.05) is 6.26 Å². The number of hydrogen-bond acceptors (Lipinski definition) is 6. The van der Waals surface area contributed by atoms with Gasteiger partial charge in [-0.2, -0.15) is 11.8 Å². The number of hydrogen-bond donors (Lipinski definition) is 2. The van der Waals surface area contributed by atoms with Gasteiger partial charge in [-0.3, -0.25) is 4.79 Å². The van der Waals surface area contributed by atoms with Gasteiger partial charge in [-0.1, -0.05) is 0 Å². The van der Waals surface area contributed by atoms with Crippen molar-refractivity contribution in [3.8, 4) is 11.5 Å². The topological polar surface area (TPSA) is 67.8 Å². The highest BCUT2D eigenvalue weighted by Gasteiger charge is 2.10. The number of aliphatic hydroxyl groups is 1. The minimum atomic E-state index is -0.253. The van der Waals surface area contributed by atoms with Crippen LogP contribution in [0.1, 0.15) is 5.56 Å². The van der Waals surface area contributed by atoms with Crippen LogP contribution in [0.4, 0.5) is 0 Å². The van der Waals surface area contributed by atoms with Crippen molar-refractivity contribution < 1.29 is 19.4 Å². The molecule has 0 aliphatic rings. The molecule has 0 saturated carbocycles. The van der Waals surface area contributed by atoms with Gasteiger partial charge in [-0.25, -0.2) is 0 Å². The number of benzene rings is 1. The molecule has 0 heterocycles. The van der Waals surface area contributed by atoms with E-state index >= 15 is 0 Å². The van der Waals surface area contributed by atoms with Crippen LogP contribution in [0.2, 0.25) is 0 Å². The summed E-state index contributed by atoms with van der Waals surface area (Å²) in [6.45, 7) is -0.0799. The molecule has 0 aromatic heterocycles. The van der Waals surface area contributed by atoms with Gasteiger partial charge in [0.15, 0.2) is 0 Å². The Hall–Kier alpha value is -1.31. The maximum atomic E-state index is 12.0. The summed E-state index contributed by atoms with van der Waals surface area (Å²) < 4.78 is 10.4.